The normalized spacial score (nSPS) is 23.2. The van der Waals surface area contributed by atoms with Gasteiger partial charge in [-0.2, -0.15) is 0 Å². The van der Waals surface area contributed by atoms with Gasteiger partial charge in [-0.05, 0) is 74.6 Å². The Morgan fingerprint density at radius 1 is 1.03 bits per heavy atom. The molecule has 0 aromatic heterocycles. The Bertz CT molecular complexity index is 1100. The van der Waals surface area contributed by atoms with Crippen LogP contribution in [0.15, 0.2) is 42.5 Å². The van der Waals surface area contributed by atoms with Crippen molar-refractivity contribution in [3.8, 4) is 17.2 Å². The molecule has 1 aliphatic heterocycles. The van der Waals surface area contributed by atoms with Gasteiger partial charge < -0.3 is 29.1 Å². The minimum atomic E-state index is -0.725. The number of carbonyl (C=O) groups excluding carboxylic acids is 1. The average molecular weight is 523 g/mol. The number of amides is 1. The fraction of sp³-hybridized carbons (Fsp3) is 0.516. The third kappa shape index (κ3) is 5.48. The standard InChI is InChI=1S/C31H42N2O5/c1-6-32(7-2)24-14-12-23(13-15-24)29-25-10-8-9-17-31(25,35)18-19-33(29)28(34)16-11-22-20-26(36-3)30(38-5)27(21-22)37-4/h11-16,20-21,25,29,35H,6-10,17-19H2,1-5H3/b16-11+/t25-,29-,31+/m0/s1. The molecule has 7 heteroatoms. The topological polar surface area (TPSA) is 71.5 Å². The van der Waals surface area contributed by atoms with E-state index >= 15 is 0 Å². The molecule has 7 nitrogen and oxygen atoms in total. The molecule has 0 bridgehead atoms. The Hall–Kier alpha value is -3.19. The number of carbonyl (C=O) groups is 1. The van der Waals surface area contributed by atoms with E-state index in [9.17, 15) is 9.90 Å². The lowest BCUT2D eigenvalue weighted by molar-refractivity contribution is -0.150. The highest BCUT2D eigenvalue weighted by atomic mass is 16.5. The van der Waals surface area contributed by atoms with Crippen molar-refractivity contribution in [3.63, 3.8) is 0 Å². The molecule has 0 radical (unpaired) electrons. The van der Waals surface area contributed by atoms with E-state index in [2.05, 4.69) is 43.0 Å². The van der Waals surface area contributed by atoms with Gasteiger partial charge >= 0.3 is 0 Å². The number of ether oxygens (including phenoxy) is 3. The highest BCUT2D eigenvalue weighted by Crippen LogP contribution is 2.49. The smallest absolute Gasteiger partial charge is 0.247 e. The van der Waals surface area contributed by atoms with Crippen molar-refractivity contribution in [2.45, 2.75) is 57.6 Å². The van der Waals surface area contributed by atoms with Crippen LogP contribution in [0.5, 0.6) is 17.2 Å². The summed E-state index contributed by atoms with van der Waals surface area (Å²) in [6.45, 7) is 6.71. The van der Waals surface area contributed by atoms with E-state index in [4.69, 9.17) is 14.2 Å². The maximum absolute atomic E-state index is 13.7. The van der Waals surface area contributed by atoms with Crippen molar-refractivity contribution >= 4 is 17.7 Å². The van der Waals surface area contributed by atoms with E-state index in [-0.39, 0.29) is 17.9 Å². The molecule has 2 aliphatic rings. The van der Waals surface area contributed by atoms with Crippen molar-refractivity contribution < 1.29 is 24.1 Å². The third-order valence-corrected chi connectivity index (χ3v) is 8.32. The van der Waals surface area contributed by atoms with Gasteiger partial charge in [-0.15, -0.1) is 0 Å². The number of hydrogen-bond donors (Lipinski definition) is 1. The van der Waals surface area contributed by atoms with Gasteiger partial charge in [-0.1, -0.05) is 25.0 Å². The summed E-state index contributed by atoms with van der Waals surface area (Å²) in [6, 6.07) is 12.1. The fourth-order valence-electron chi connectivity index (χ4n) is 6.27. The van der Waals surface area contributed by atoms with Crippen molar-refractivity contribution in [1.82, 2.24) is 4.90 Å². The van der Waals surface area contributed by atoms with E-state index < -0.39 is 5.60 Å². The van der Waals surface area contributed by atoms with Gasteiger partial charge in [0, 0.05) is 37.3 Å². The van der Waals surface area contributed by atoms with Crippen LogP contribution in [0, 0.1) is 5.92 Å². The largest absolute Gasteiger partial charge is 0.493 e. The van der Waals surface area contributed by atoms with Crippen LogP contribution in [0.1, 0.15) is 63.1 Å². The Morgan fingerprint density at radius 3 is 2.26 bits per heavy atom. The predicted molar refractivity (Wildman–Crippen MR) is 151 cm³/mol. The average Bonchev–Trinajstić information content (AvgIpc) is 2.95. The van der Waals surface area contributed by atoms with E-state index in [1.807, 2.05) is 17.0 Å². The van der Waals surface area contributed by atoms with Gasteiger partial charge in [-0.3, -0.25) is 4.79 Å². The molecule has 38 heavy (non-hydrogen) atoms. The molecule has 4 rings (SSSR count). The number of anilines is 1. The van der Waals surface area contributed by atoms with Gasteiger partial charge in [0.05, 0.1) is 33.0 Å². The molecular weight excluding hydrogens is 480 g/mol. The second kappa shape index (κ2) is 12.1. The van der Waals surface area contributed by atoms with E-state index in [1.54, 1.807) is 33.5 Å². The zero-order valence-corrected chi connectivity index (χ0v) is 23.4. The lowest BCUT2D eigenvalue weighted by Crippen LogP contribution is -2.56. The summed E-state index contributed by atoms with van der Waals surface area (Å²) in [6.07, 6.45) is 7.84. The number of nitrogens with zero attached hydrogens (tertiary/aromatic N) is 2. The molecule has 1 amide bonds. The molecule has 2 fully saturated rings. The number of fused-ring (bicyclic) bond motifs is 1. The summed E-state index contributed by atoms with van der Waals surface area (Å²) in [5.74, 6) is 1.54. The molecular formula is C31H42N2O5. The predicted octanol–water partition coefficient (Wildman–Crippen LogP) is 5.47. The van der Waals surface area contributed by atoms with Crippen LogP contribution in [0.3, 0.4) is 0 Å². The summed E-state index contributed by atoms with van der Waals surface area (Å²) >= 11 is 0. The highest BCUT2D eigenvalue weighted by molar-refractivity contribution is 5.92. The van der Waals surface area contributed by atoms with Crippen LogP contribution >= 0.6 is 0 Å². The number of piperidine rings is 1. The Labute approximate surface area is 227 Å². The monoisotopic (exact) mass is 522 g/mol. The molecule has 0 spiro atoms. The van der Waals surface area contributed by atoms with Crippen molar-refractivity contribution in [3.05, 3.63) is 53.6 Å². The second-order valence-corrected chi connectivity index (χ2v) is 10.2. The minimum Gasteiger partial charge on any atom is -0.493 e. The van der Waals surface area contributed by atoms with E-state index in [0.717, 1.165) is 49.9 Å². The minimum absolute atomic E-state index is 0.0165. The number of rotatable bonds is 9. The van der Waals surface area contributed by atoms with E-state index in [0.29, 0.717) is 30.2 Å². The summed E-state index contributed by atoms with van der Waals surface area (Å²) in [7, 11) is 4.72. The molecule has 1 saturated carbocycles. The molecule has 1 heterocycles. The molecule has 3 atom stereocenters. The second-order valence-electron chi connectivity index (χ2n) is 10.2. The number of methoxy groups -OCH3 is 3. The van der Waals surface area contributed by atoms with Crippen LogP contribution in [0.4, 0.5) is 5.69 Å². The van der Waals surface area contributed by atoms with Crippen LogP contribution in [0.2, 0.25) is 0 Å². The maximum Gasteiger partial charge on any atom is 0.247 e. The highest BCUT2D eigenvalue weighted by Gasteiger charge is 2.49. The first-order chi connectivity index (χ1) is 18.4. The van der Waals surface area contributed by atoms with Crippen molar-refractivity contribution in [2.75, 3.05) is 45.9 Å². The molecule has 206 valence electrons. The molecule has 0 unspecified atom stereocenters. The van der Waals surface area contributed by atoms with Gasteiger partial charge in [0.2, 0.25) is 11.7 Å². The van der Waals surface area contributed by atoms with Crippen LogP contribution in [-0.2, 0) is 4.79 Å². The summed E-state index contributed by atoms with van der Waals surface area (Å²) in [5.41, 5.74) is 2.31. The number of hydrogen-bond acceptors (Lipinski definition) is 6. The zero-order chi connectivity index (χ0) is 27.3. The first-order valence-corrected chi connectivity index (χ1v) is 13.7. The molecule has 2 aromatic carbocycles. The van der Waals surface area contributed by atoms with Crippen molar-refractivity contribution in [2.24, 2.45) is 5.92 Å². The molecule has 1 aliphatic carbocycles. The summed E-state index contributed by atoms with van der Waals surface area (Å²) in [4.78, 5) is 18.0. The quantitative estimate of drug-likeness (QED) is 0.441. The number of aliphatic hydroxyl groups is 1. The zero-order valence-electron chi connectivity index (χ0n) is 23.4. The van der Waals surface area contributed by atoms with Crippen molar-refractivity contribution in [1.29, 1.82) is 0 Å². The Kier molecular flexibility index (Phi) is 8.87. The van der Waals surface area contributed by atoms with Gasteiger partial charge in [0.15, 0.2) is 11.5 Å². The Balaban J connectivity index is 1.65. The first kappa shape index (κ1) is 27.8. The molecule has 1 saturated heterocycles. The first-order valence-electron chi connectivity index (χ1n) is 13.7. The molecule has 1 N–H and O–H groups in total. The summed E-state index contributed by atoms with van der Waals surface area (Å²) in [5, 5.41) is 11.6. The Morgan fingerprint density at radius 2 is 1.68 bits per heavy atom. The SMILES string of the molecule is CCN(CC)c1ccc([C@H]2[C@@H]3CCCC[C@@]3(O)CCN2C(=O)/C=C/c2cc(OC)c(OC)c(OC)c2)cc1. The number of likely N-dealkylation sites (tertiary alicyclic amines) is 1. The summed E-state index contributed by atoms with van der Waals surface area (Å²) < 4.78 is 16.3. The molecule has 2 aromatic rings. The third-order valence-electron chi connectivity index (χ3n) is 8.32. The van der Waals surface area contributed by atoms with Crippen LogP contribution < -0.4 is 19.1 Å². The van der Waals surface area contributed by atoms with E-state index in [1.165, 1.54) is 5.69 Å². The van der Waals surface area contributed by atoms with Gasteiger partial charge in [0.25, 0.3) is 0 Å². The van der Waals surface area contributed by atoms with Gasteiger partial charge in [-0.25, -0.2) is 0 Å². The fourth-order valence-corrected chi connectivity index (χ4v) is 6.27. The van der Waals surface area contributed by atoms with Crippen LogP contribution in [0.25, 0.3) is 6.08 Å². The maximum atomic E-state index is 13.7. The lowest BCUT2D eigenvalue weighted by Gasteiger charge is -2.52. The lowest BCUT2D eigenvalue weighted by atomic mass is 9.66. The number of benzene rings is 2. The van der Waals surface area contributed by atoms with Crippen LogP contribution in [-0.4, -0.2) is 62.5 Å². The van der Waals surface area contributed by atoms with Gasteiger partial charge in [0.1, 0.15) is 0 Å².